The third-order valence-electron chi connectivity index (χ3n) is 4.02. The molecule has 0 radical (unpaired) electrons. The van der Waals surface area contributed by atoms with Gasteiger partial charge in [0.1, 0.15) is 6.04 Å². The number of rotatable bonds is 8. The minimum Gasteiger partial charge on any atom is -0.352 e. The number of hydrogen-bond acceptors (Lipinski definition) is 3. The third kappa shape index (κ3) is 5.93. The van der Waals surface area contributed by atoms with Gasteiger partial charge in [-0.05, 0) is 49.6 Å². The van der Waals surface area contributed by atoms with E-state index in [1.807, 2.05) is 44.2 Å². The number of benzene rings is 2. The average molecular weight is 439 g/mol. The van der Waals surface area contributed by atoms with Crippen molar-refractivity contribution in [1.82, 2.24) is 10.0 Å². The van der Waals surface area contributed by atoms with Crippen LogP contribution >= 0.6 is 15.9 Å². The van der Waals surface area contributed by atoms with E-state index >= 15 is 0 Å². The molecule has 2 aromatic rings. The quantitative estimate of drug-likeness (QED) is 0.663. The smallest absolute Gasteiger partial charge is 0.241 e. The van der Waals surface area contributed by atoms with E-state index in [-0.39, 0.29) is 23.3 Å². The second-order valence-electron chi connectivity index (χ2n) is 6.14. The summed E-state index contributed by atoms with van der Waals surface area (Å²) < 4.78 is 28.7. The molecule has 1 amide bonds. The van der Waals surface area contributed by atoms with Crippen molar-refractivity contribution in [2.75, 3.05) is 0 Å². The molecular formula is C19H23BrN2O3S. The summed E-state index contributed by atoms with van der Waals surface area (Å²) in [6, 6.07) is 14.7. The molecule has 2 rings (SSSR count). The molecule has 0 spiro atoms. The zero-order valence-electron chi connectivity index (χ0n) is 14.8. The summed E-state index contributed by atoms with van der Waals surface area (Å²) in [6.45, 7) is 3.85. The van der Waals surface area contributed by atoms with Crippen molar-refractivity contribution in [2.45, 2.75) is 43.7 Å². The summed E-state index contributed by atoms with van der Waals surface area (Å²) in [5, 5.41) is 2.86. The van der Waals surface area contributed by atoms with Gasteiger partial charge in [0, 0.05) is 10.5 Å². The molecule has 5 nitrogen and oxygen atoms in total. The van der Waals surface area contributed by atoms with Gasteiger partial charge >= 0.3 is 0 Å². The lowest BCUT2D eigenvalue weighted by molar-refractivity contribution is -0.123. The maximum absolute atomic E-state index is 12.7. The zero-order valence-corrected chi connectivity index (χ0v) is 17.2. The summed E-state index contributed by atoms with van der Waals surface area (Å²) in [5.74, 6) is -0.330. The van der Waals surface area contributed by atoms with Gasteiger partial charge in [0.25, 0.3) is 0 Å². The molecule has 2 aromatic carbocycles. The lowest BCUT2D eigenvalue weighted by Crippen LogP contribution is -2.50. The molecule has 2 atom stereocenters. The minimum atomic E-state index is -3.82. The zero-order chi connectivity index (χ0) is 19.2. The van der Waals surface area contributed by atoms with Gasteiger partial charge in [-0.1, -0.05) is 53.2 Å². The fourth-order valence-corrected chi connectivity index (χ4v) is 3.81. The lowest BCUT2D eigenvalue weighted by atomic mass is 10.1. The molecule has 0 saturated carbocycles. The molecule has 0 heterocycles. The van der Waals surface area contributed by atoms with Crippen molar-refractivity contribution < 1.29 is 13.2 Å². The van der Waals surface area contributed by atoms with Gasteiger partial charge in [0.05, 0.1) is 4.90 Å². The van der Waals surface area contributed by atoms with Crippen molar-refractivity contribution in [3.05, 3.63) is 64.6 Å². The number of hydrogen-bond donors (Lipinski definition) is 2. The Morgan fingerprint density at radius 2 is 1.69 bits per heavy atom. The van der Waals surface area contributed by atoms with Gasteiger partial charge in [-0.25, -0.2) is 8.42 Å². The van der Waals surface area contributed by atoms with Crippen LogP contribution in [0.2, 0.25) is 0 Å². The molecule has 2 N–H and O–H groups in total. The van der Waals surface area contributed by atoms with Crippen LogP contribution in [-0.4, -0.2) is 26.4 Å². The predicted molar refractivity (Wildman–Crippen MR) is 106 cm³/mol. The summed E-state index contributed by atoms with van der Waals surface area (Å²) in [5.41, 5.74) is 0.885. The van der Waals surface area contributed by atoms with E-state index in [0.29, 0.717) is 0 Å². The summed E-state index contributed by atoms with van der Waals surface area (Å²) in [4.78, 5) is 12.8. The van der Waals surface area contributed by atoms with Gasteiger partial charge in [0.15, 0.2) is 0 Å². The first-order chi connectivity index (χ1) is 12.3. The molecule has 0 fully saturated rings. The van der Waals surface area contributed by atoms with E-state index in [9.17, 15) is 13.2 Å². The van der Waals surface area contributed by atoms with Crippen molar-refractivity contribution in [2.24, 2.45) is 0 Å². The molecule has 7 heteroatoms. The van der Waals surface area contributed by atoms with Crippen LogP contribution in [0.3, 0.4) is 0 Å². The van der Waals surface area contributed by atoms with Crippen molar-refractivity contribution in [3.63, 3.8) is 0 Å². The van der Waals surface area contributed by atoms with Crippen LogP contribution in [0.1, 0.15) is 25.8 Å². The molecular weight excluding hydrogens is 416 g/mol. The highest BCUT2D eigenvalue weighted by molar-refractivity contribution is 9.10. The minimum absolute atomic E-state index is 0.0297. The Bertz CT molecular complexity index is 824. The first-order valence-corrected chi connectivity index (χ1v) is 10.7. The first-order valence-electron chi connectivity index (χ1n) is 8.44. The average Bonchev–Trinajstić information content (AvgIpc) is 2.62. The lowest BCUT2D eigenvalue weighted by Gasteiger charge is -2.21. The normalized spacial score (nSPS) is 13.8. The molecule has 0 unspecified atom stereocenters. The van der Waals surface area contributed by atoms with Gasteiger partial charge < -0.3 is 5.32 Å². The Morgan fingerprint density at radius 1 is 1.08 bits per heavy atom. The van der Waals surface area contributed by atoms with Crippen LogP contribution in [-0.2, 0) is 21.2 Å². The SMILES string of the molecule is CC[C@@H](C)NC(=O)[C@H](Cc1ccccc1)NS(=O)(=O)c1ccc(Br)cc1. The Balaban J connectivity index is 2.24. The molecule has 0 aliphatic rings. The fraction of sp³-hybridized carbons (Fsp3) is 0.316. The molecule has 0 bridgehead atoms. The van der Waals surface area contributed by atoms with Crippen molar-refractivity contribution in [3.8, 4) is 0 Å². The molecule has 0 aliphatic carbocycles. The van der Waals surface area contributed by atoms with E-state index in [0.717, 1.165) is 16.5 Å². The number of sulfonamides is 1. The second-order valence-corrected chi connectivity index (χ2v) is 8.77. The third-order valence-corrected chi connectivity index (χ3v) is 6.04. The maximum Gasteiger partial charge on any atom is 0.241 e. The van der Waals surface area contributed by atoms with Crippen LogP contribution in [0.25, 0.3) is 0 Å². The van der Waals surface area contributed by atoms with Gasteiger partial charge in [0.2, 0.25) is 15.9 Å². The van der Waals surface area contributed by atoms with Crippen molar-refractivity contribution in [1.29, 1.82) is 0 Å². The number of carbonyl (C=O) groups is 1. The van der Waals surface area contributed by atoms with Crippen LogP contribution in [0, 0.1) is 0 Å². The Hall–Kier alpha value is -1.70. The highest BCUT2D eigenvalue weighted by Crippen LogP contribution is 2.16. The second kappa shape index (κ2) is 9.30. The summed E-state index contributed by atoms with van der Waals surface area (Å²) in [6.07, 6.45) is 1.04. The molecule has 26 heavy (non-hydrogen) atoms. The fourth-order valence-electron chi connectivity index (χ4n) is 2.35. The van der Waals surface area contributed by atoms with E-state index in [2.05, 4.69) is 26.0 Å². The monoisotopic (exact) mass is 438 g/mol. The van der Waals surface area contributed by atoms with Crippen LogP contribution < -0.4 is 10.0 Å². The van der Waals surface area contributed by atoms with Gasteiger partial charge in [-0.3, -0.25) is 4.79 Å². The molecule has 0 saturated heterocycles. The Kier molecular flexibility index (Phi) is 7.37. The topological polar surface area (TPSA) is 75.3 Å². The van der Waals surface area contributed by atoms with Gasteiger partial charge in [-0.2, -0.15) is 4.72 Å². The Labute approximate surface area is 163 Å². The number of amides is 1. The highest BCUT2D eigenvalue weighted by Gasteiger charge is 2.26. The first kappa shape index (κ1) is 20.6. The highest BCUT2D eigenvalue weighted by atomic mass is 79.9. The number of nitrogens with one attached hydrogen (secondary N) is 2. The van der Waals surface area contributed by atoms with Crippen molar-refractivity contribution >= 4 is 31.9 Å². The van der Waals surface area contributed by atoms with E-state index in [1.165, 1.54) is 12.1 Å². The molecule has 140 valence electrons. The van der Waals surface area contributed by atoms with Crippen LogP contribution in [0.5, 0.6) is 0 Å². The summed E-state index contributed by atoms with van der Waals surface area (Å²) >= 11 is 3.29. The van der Waals surface area contributed by atoms with E-state index < -0.39 is 16.1 Å². The summed E-state index contributed by atoms with van der Waals surface area (Å²) in [7, 11) is -3.82. The van der Waals surface area contributed by atoms with Crippen LogP contribution in [0.4, 0.5) is 0 Å². The maximum atomic E-state index is 12.7. The standard InChI is InChI=1S/C19H23BrN2O3S/c1-3-14(2)21-19(23)18(13-15-7-5-4-6-8-15)22-26(24,25)17-11-9-16(20)10-12-17/h4-12,14,18,22H,3,13H2,1-2H3,(H,21,23)/t14-,18+/m1/s1. The largest absolute Gasteiger partial charge is 0.352 e. The van der Waals surface area contributed by atoms with E-state index in [4.69, 9.17) is 0 Å². The number of carbonyl (C=O) groups excluding carboxylic acids is 1. The molecule has 0 aliphatic heterocycles. The Morgan fingerprint density at radius 3 is 2.27 bits per heavy atom. The number of halogens is 1. The van der Waals surface area contributed by atoms with Gasteiger partial charge in [-0.15, -0.1) is 0 Å². The van der Waals surface area contributed by atoms with E-state index in [1.54, 1.807) is 12.1 Å². The predicted octanol–water partition coefficient (Wildman–Crippen LogP) is 3.25. The van der Waals surface area contributed by atoms with Crippen LogP contribution in [0.15, 0.2) is 64.0 Å². The molecule has 0 aromatic heterocycles.